The van der Waals surface area contributed by atoms with Crippen LogP contribution in [-0.2, 0) is 22.3 Å². The summed E-state index contributed by atoms with van der Waals surface area (Å²) in [5.74, 6) is -1.61. The van der Waals surface area contributed by atoms with Gasteiger partial charge in [0.05, 0.1) is 5.56 Å². The molecule has 2 unspecified atom stereocenters. The van der Waals surface area contributed by atoms with Crippen molar-refractivity contribution in [1.82, 2.24) is 9.80 Å². The maximum atomic E-state index is 13.2. The maximum absolute atomic E-state index is 13.2. The number of benzene rings is 1. The predicted molar refractivity (Wildman–Crippen MR) is 113 cm³/mol. The first-order valence-electron chi connectivity index (χ1n) is 11.4. The SMILES string of the molecule is O=C(O)CCCNc1cc(C(F)(F)F)ccc1CN1CC2CN(C(=O)OC(C(F)(F)F)C(F)(F)F)CC2C1. The number of carboxylic acids is 1. The third-order valence-corrected chi connectivity index (χ3v) is 6.35. The van der Waals surface area contributed by atoms with Crippen molar-refractivity contribution in [1.29, 1.82) is 0 Å². The van der Waals surface area contributed by atoms with Gasteiger partial charge in [-0.25, -0.2) is 4.79 Å². The molecule has 2 saturated heterocycles. The molecular weight excluding hydrogens is 541 g/mol. The first kappa shape index (κ1) is 29.6. The summed E-state index contributed by atoms with van der Waals surface area (Å²) in [5.41, 5.74) is -0.244. The molecule has 1 aromatic carbocycles. The highest BCUT2D eigenvalue weighted by molar-refractivity contribution is 5.68. The van der Waals surface area contributed by atoms with Gasteiger partial charge in [-0.05, 0) is 36.0 Å². The van der Waals surface area contributed by atoms with Crippen LogP contribution in [0.25, 0.3) is 0 Å². The Morgan fingerprint density at radius 2 is 1.55 bits per heavy atom. The van der Waals surface area contributed by atoms with E-state index in [2.05, 4.69) is 10.1 Å². The van der Waals surface area contributed by atoms with Gasteiger partial charge in [0.2, 0.25) is 0 Å². The maximum Gasteiger partial charge on any atom is 0.434 e. The minimum atomic E-state index is -5.82. The number of likely N-dealkylation sites (tertiary alicyclic amines) is 2. The summed E-state index contributed by atoms with van der Waals surface area (Å²) in [6, 6.07) is 3.11. The highest BCUT2D eigenvalue weighted by atomic mass is 19.4. The van der Waals surface area contributed by atoms with Crippen molar-refractivity contribution in [3.63, 3.8) is 0 Å². The molecule has 1 aromatic rings. The fraction of sp³-hybridized carbons (Fsp3) is 0.636. The number of anilines is 1. The zero-order valence-electron chi connectivity index (χ0n) is 19.6. The molecule has 2 aliphatic rings. The Bertz CT molecular complexity index is 985. The smallest absolute Gasteiger partial charge is 0.434 e. The van der Waals surface area contributed by atoms with Gasteiger partial charge in [-0.3, -0.25) is 9.69 Å². The topological polar surface area (TPSA) is 82.1 Å². The molecule has 214 valence electrons. The van der Waals surface area contributed by atoms with E-state index in [4.69, 9.17) is 5.11 Å². The average molecular weight is 565 g/mol. The number of carboxylic acid groups (broad SMARTS) is 1. The third kappa shape index (κ3) is 7.57. The van der Waals surface area contributed by atoms with Gasteiger partial charge in [-0.2, -0.15) is 39.5 Å². The lowest BCUT2D eigenvalue weighted by atomic mass is 10.0. The summed E-state index contributed by atoms with van der Waals surface area (Å²) in [7, 11) is 0. The second-order valence-corrected chi connectivity index (χ2v) is 9.26. The van der Waals surface area contributed by atoms with Gasteiger partial charge in [0.25, 0.3) is 6.10 Å². The number of halogens is 9. The van der Waals surface area contributed by atoms with Gasteiger partial charge < -0.3 is 20.1 Å². The molecule has 2 fully saturated rings. The van der Waals surface area contributed by atoms with Gasteiger partial charge in [0, 0.05) is 51.4 Å². The van der Waals surface area contributed by atoms with Gasteiger partial charge >= 0.3 is 30.6 Å². The molecule has 0 spiro atoms. The molecule has 0 aliphatic carbocycles. The van der Waals surface area contributed by atoms with Crippen molar-refractivity contribution < 1.29 is 58.9 Å². The van der Waals surface area contributed by atoms with Crippen LogP contribution in [0.1, 0.15) is 24.0 Å². The first-order valence-corrected chi connectivity index (χ1v) is 11.4. The van der Waals surface area contributed by atoms with Crippen LogP contribution in [0.3, 0.4) is 0 Å². The van der Waals surface area contributed by atoms with E-state index in [-0.39, 0.29) is 56.5 Å². The number of fused-ring (bicyclic) bond motifs is 1. The fourth-order valence-electron chi connectivity index (χ4n) is 4.62. The lowest BCUT2D eigenvalue weighted by molar-refractivity contribution is -0.308. The number of carbonyl (C=O) groups excluding carboxylic acids is 1. The molecule has 2 atom stereocenters. The minimum absolute atomic E-state index is 0.111. The van der Waals surface area contributed by atoms with E-state index in [0.717, 1.165) is 17.0 Å². The van der Waals surface area contributed by atoms with E-state index < -0.39 is 42.3 Å². The summed E-state index contributed by atoms with van der Waals surface area (Å²) in [6.45, 7) is 0.637. The van der Waals surface area contributed by atoms with Crippen LogP contribution in [0, 0.1) is 11.8 Å². The molecule has 2 heterocycles. The minimum Gasteiger partial charge on any atom is -0.481 e. The fourth-order valence-corrected chi connectivity index (χ4v) is 4.62. The van der Waals surface area contributed by atoms with Crippen LogP contribution in [0.15, 0.2) is 18.2 Å². The number of alkyl halides is 9. The predicted octanol–water partition coefficient (Wildman–Crippen LogP) is 4.98. The number of hydrogen-bond acceptors (Lipinski definition) is 5. The number of rotatable bonds is 8. The molecule has 0 radical (unpaired) electrons. The van der Waals surface area contributed by atoms with Crippen LogP contribution in [0.2, 0.25) is 0 Å². The van der Waals surface area contributed by atoms with Crippen molar-refractivity contribution in [2.24, 2.45) is 11.8 Å². The Hall–Kier alpha value is -2.91. The van der Waals surface area contributed by atoms with Gasteiger partial charge in [-0.1, -0.05) is 6.07 Å². The van der Waals surface area contributed by atoms with Crippen molar-refractivity contribution in [2.45, 2.75) is 44.0 Å². The van der Waals surface area contributed by atoms with Crippen LogP contribution in [-0.4, -0.2) is 78.1 Å². The number of nitrogens with one attached hydrogen (secondary N) is 1. The normalized spacial score (nSPS) is 20.6. The van der Waals surface area contributed by atoms with Crippen LogP contribution in [0.4, 0.5) is 50.0 Å². The molecule has 1 amide bonds. The molecule has 0 saturated carbocycles. The lowest BCUT2D eigenvalue weighted by Gasteiger charge is -2.26. The van der Waals surface area contributed by atoms with Gasteiger partial charge in [0.15, 0.2) is 0 Å². The van der Waals surface area contributed by atoms with E-state index in [1.165, 1.54) is 6.07 Å². The summed E-state index contributed by atoms with van der Waals surface area (Å²) in [6.07, 6.45) is -22.2. The zero-order chi connectivity index (χ0) is 28.5. The van der Waals surface area contributed by atoms with E-state index in [9.17, 15) is 49.1 Å². The van der Waals surface area contributed by atoms with Crippen LogP contribution in [0.5, 0.6) is 0 Å². The summed E-state index contributed by atoms with van der Waals surface area (Å²) in [4.78, 5) is 25.4. The number of ether oxygens (including phenoxy) is 1. The third-order valence-electron chi connectivity index (χ3n) is 6.35. The van der Waals surface area contributed by atoms with Crippen molar-refractivity contribution in [3.8, 4) is 0 Å². The second kappa shape index (κ2) is 11.1. The molecule has 3 rings (SSSR count). The highest BCUT2D eigenvalue weighted by Crippen LogP contribution is 2.38. The van der Waals surface area contributed by atoms with E-state index in [1.54, 1.807) is 0 Å². The average Bonchev–Trinajstić information content (AvgIpc) is 3.32. The zero-order valence-corrected chi connectivity index (χ0v) is 19.6. The molecule has 38 heavy (non-hydrogen) atoms. The Labute approximate surface area is 210 Å². The molecule has 0 aromatic heterocycles. The van der Waals surface area contributed by atoms with Crippen molar-refractivity contribution in [2.75, 3.05) is 38.0 Å². The van der Waals surface area contributed by atoms with Crippen molar-refractivity contribution in [3.05, 3.63) is 29.3 Å². The molecule has 16 heteroatoms. The summed E-state index contributed by atoms with van der Waals surface area (Å²) < 4.78 is 119. The quantitative estimate of drug-likeness (QED) is 0.342. The Morgan fingerprint density at radius 3 is 2.05 bits per heavy atom. The monoisotopic (exact) mass is 565 g/mol. The molecule has 2 N–H and O–H groups in total. The van der Waals surface area contributed by atoms with Gasteiger partial charge in [0.1, 0.15) is 0 Å². The molecule has 0 bridgehead atoms. The number of hydrogen-bond donors (Lipinski definition) is 2. The Balaban J connectivity index is 1.61. The van der Waals surface area contributed by atoms with Crippen LogP contribution < -0.4 is 5.32 Å². The number of aliphatic carboxylic acids is 1. The molecule has 7 nitrogen and oxygen atoms in total. The second-order valence-electron chi connectivity index (χ2n) is 9.26. The number of carbonyl (C=O) groups is 2. The standard InChI is InChI=1S/C22H24F9N3O4/c23-20(24,25)15-4-3-12(16(6-15)32-5-1-2-17(35)36)7-33-8-13-10-34(11-14(13)9-33)19(37)38-18(21(26,27)28)22(29,30)31/h3-4,6,13-14,18,32H,1-2,5,7-11H2,(H,35,36). The Kier molecular flexibility index (Phi) is 8.63. The van der Waals surface area contributed by atoms with Gasteiger partial charge in [-0.15, -0.1) is 0 Å². The first-order chi connectivity index (χ1) is 17.4. The van der Waals surface area contributed by atoms with Crippen molar-refractivity contribution >= 4 is 17.7 Å². The molecular formula is C22H24F9N3O4. The van der Waals surface area contributed by atoms with E-state index in [1.807, 2.05) is 4.90 Å². The largest absolute Gasteiger partial charge is 0.481 e. The lowest BCUT2D eigenvalue weighted by Crippen LogP contribution is -2.48. The van der Waals surface area contributed by atoms with Crippen LogP contribution >= 0.6 is 0 Å². The van der Waals surface area contributed by atoms with E-state index in [0.29, 0.717) is 18.7 Å². The Morgan fingerprint density at radius 1 is 0.974 bits per heavy atom. The highest BCUT2D eigenvalue weighted by Gasteiger charge is 2.60. The summed E-state index contributed by atoms with van der Waals surface area (Å²) in [5, 5.41) is 11.6. The summed E-state index contributed by atoms with van der Waals surface area (Å²) >= 11 is 0. The van der Waals surface area contributed by atoms with E-state index >= 15 is 0 Å². The number of nitrogens with zero attached hydrogens (tertiary/aromatic N) is 2. The number of amides is 1. The molecule has 2 aliphatic heterocycles.